The zero-order valence-electron chi connectivity index (χ0n) is 18.9. The van der Waals surface area contributed by atoms with Crippen LogP contribution < -0.4 is 15.7 Å². The fraction of sp³-hybridized carbons (Fsp3) is 0.480. The molecule has 1 atom stereocenters. The van der Waals surface area contributed by atoms with Crippen LogP contribution in [-0.2, 0) is 20.6 Å². The molecule has 1 heterocycles. The molecule has 2 N–H and O–H groups in total. The first-order valence-corrected chi connectivity index (χ1v) is 11.3. The average molecular weight is 426 g/mol. The molecule has 0 aliphatic rings. The van der Waals surface area contributed by atoms with Crippen molar-refractivity contribution in [2.75, 3.05) is 13.2 Å². The summed E-state index contributed by atoms with van der Waals surface area (Å²) in [5, 5.41) is 14.0. The van der Waals surface area contributed by atoms with E-state index in [1.54, 1.807) is 23.2 Å². The number of ether oxygens (including phenoxy) is 1. The Morgan fingerprint density at radius 1 is 0.968 bits per heavy atom. The van der Waals surface area contributed by atoms with E-state index in [2.05, 4.69) is 24.4 Å². The third-order valence-electron chi connectivity index (χ3n) is 5.80. The lowest BCUT2D eigenvalue weighted by atomic mass is 10.1. The molecule has 0 saturated heterocycles. The molecule has 0 saturated carbocycles. The van der Waals surface area contributed by atoms with Crippen molar-refractivity contribution in [3.05, 3.63) is 64.1 Å². The van der Waals surface area contributed by atoms with E-state index in [1.165, 1.54) is 37.7 Å². The van der Waals surface area contributed by atoms with Gasteiger partial charge in [0.15, 0.2) is 0 Å². The smallest absolute Gasteiger partial charge is 0.328 e. The summed E-state index contributed by atoms with van der Waals surface area (Å²) in [5.41, 5.74) is 3.51. The molecule has 0 bridgehead atoms. The van der Waals surface area contributed by atoms with E-state index in [1.807, 2.05) is 30.3 Å². The largest absolute Gasteiger partial charge is 0.491 e. The summed E-state index contributed by atoms with van der Waals surface area (Å²) in [6.45, 7) is 4.29. The minimum Gasteiger partial charge on any atom is -0.491 e. The van der Waals surface area contributed by atoms with Gasteiger partial charge in [-0.25, -0.2) is 4.79 Å². The number of nitrogens with zero attached hydrogens (tertiary/aromatic N) is 2. The van der Waals surface area contributed by atoms with E-state index in [0.29, 0.717) is 0 Å². The molecule has 0 spiro atoms. The van der Waals surface area contributed by atoms with Gasteiger partial charge in [0.25, 0.3) is 0 Å². The van der Waals surface area contributed by atoms with E-state index in [4.69, 9.17) is 4.74 Å². The van der Waals surface area contributed by atoms with Crippen LogP contribution in [0.3, 0.4) is 0 Å². The Kier molecular flexibility index (Phi) is 8.32. The fourth-order valence-corrected chi connectivity index (χ4v) is 3.79. The Labute approximate surface area is 184 Å². The van der Waals surface area contributed by atoms with Crippen molar-refractivity contribution in [3.63, 3.8) is 0 Å². The third-order valence-corrected chi connectivity index (χ3v) is 5.80. The molecular formula is C25H35N3O3. The Morgan fingerprint density at radius 3 is 2.42 bits per heavy atom. The van der Waals surface area contributed by atoms with Crippen LogP contribution in [0.5, 0.6) is 5.75 Å². The molecule has 0 amide bonds. The summed E-state index contributed by atoms with van der Waals surface area (Å²) in [7, 11) is 3.48. The number of hydrogen-bond donors (Lipinski definition) is 2. The van der Waals surface area contributed by atoms with Gasteiger partial charge in [-0.2, -0.15) is 0 Å². The van der Waals surface area contributed by atoms with E-state index >= 15 is 0 Å². The number of nitrogens with one attached hydrogen (secondary N) is 1. The SMILES string of the molecule is CCCCCCCNCc1ccc(OCC(O)c2ccc3c(c2)n(C)c(=O)n3C)cc1. The molecule has 3 aromatic rings. The summed E-state index contributed by atoms with van der Waals surface area (Å²) in [6.07, 6.45) is 5.69. The van der Waals surface area contributed by atoms with Crippen molar-refractivity contribution >= 4 is 11.0 Å². The molecule has 1 unspecified atom stereocenters. The highest BCUT2D eigenvalue weighted by atomic mass is 16.5. The van der Waals surface area contributed by atoms with Crippen molar-refractivity contribution in [2.45, 2.75) is 51.7 Å². The van der Waals surface area contributed by atoms with Crippen LogP contribution in [0.1, 0.15) is 56.3 Å². The molecule has 1 aromatic heterocycles. The van der Waals surface area contributed by atoms with Gasteiger partial charge in [0, 0.05) is 20.6 Å². The minimum atomic E-state index is -0.770. The fourth-order valence-electron chi connectivity index (χ4n) is 3.79. The van der Waals surface area contributed by atoms with Gasteiger partial charge < -0.3 is 15.2 Å². The van der Waals surface area contributed by atoms with Gasteiger partial charge in [-0.05, 0) is 48.4 Å². The molecule has 31 heavy (non-hydrogen) atoms. The van der Waals surface area contributed by atoms with Crippen LogP contribution in [0, 0.1) is 0 Å². The number of aliphatic hydroxyl groups excluding tert-OH is 1. The van der Waals surface area contributed by atoms with E-state index in [9.17, 15) is 9.90 Å². The van der Waals surface area contributed by atoms with E-state index < -0.39 is 6.10 Å². The molecule has 6 heteroatoms. The zero-order valence-corrected chi connectivity index (χ0v) is 18.9. The maximum Gasteiger partial charge on any atom is 0.328 e. The third kappa shape index (κ3) is 5.99. The summed E-state index contributed by atoms with van der Waals surface area (Å²) >= 11 is 0. The predicted octanol–water partition coefficient (Wildman–Crippen LogP) is 4.05. The Morgan fingerprint density at radius 2 is 1.68 bits per heavy atom. The van der Waals surface area contributed by atoms with Gasteiger partial charge in [0.05, 0.1) is 11.0 Å². The first-order chi connectivity index (χ1) is 15.0. The van der Waals surface area contributed by atoms with Crippen LogP contribution in [0.25, 0.3) is 11.0 Å². The number of aromatic nitrogens is 2. The Hall–Kier alpha value is -2.57. The van der Waals surface area contributed by atoms with E-state index in [0.717, 1.165) is 35.4 Å². The van der Waals surface area contributed by atoms with Gasteiger partial charge in [-0.15, -0.1) is 0 Å². The standard InChI is InChI=1S/C25H35N3O3/c1-4-5-6-7-8-15-26-17-19-9-12-21(13-10-19)31-18-24(29)20-11-14-22-23(16-20)28(3)25(30)27(22)2/h9-14,16,24,26,29H,4-8,15,17-18H2,1-3H3. The van der Waals surface area contributed by atoms with Gasteiger partial charge in [0.2, 0.25) is 0 Å². The van der Waals surface area contributed by atoms with Gasteiger partial charge in [-0.1, -0.05) is 50.8 Å². The van der Waals surface area contributed by atoms with Crippen molar-refractivity contribution in [3.8, 4) is 5.75 Å². The maximum absolute atomic E-state index is 12.1. The summed E-state index contributed by atoms with van der Waals surface area (Å²) < 4.78 is 8.97. The second-order valence-electron chi connectivity index (χ2n) is 8.21. The van der Waals surface area contributed by atoms with Gasteiger partial charge in [0.1, 0.15) is 18.5 Å². The average Bonchev–Trinajstić information content (AvgIpc) is 3.01. The number of rotatable bonds is 12. The van der Waals surface area contributed by atoms with Crippen LogP contribution in [0.2, 0.25) is 0 Å². The van der Waals surface area contributed by atoms with Gasteiger partial charge in [-0.3, -0.25) is 9.13 Å². The molecule has 0 aliphatic heterocycles. The van der Waals surface area contributed by atoms with Crippen LogP contribution in [0.15, 0.2) is 47.3 Å². The Balaban J connectivity index is 1.47. The zero-order chi connectivity index (χ0) is 22.2. The van der Waals surface area contributed by atoms with Crippen molar-refractivity contribution in [1.82, 2.24) is 14.5 Å². The normalized spacial score (nSPS) is 12.4. The van der Waals surface area contributed by atoms with Crippen molar-refractivity contribution in [1.29, 1.82) is 0 Å². The molecule has 6 nitrogen and oxygen atoms in total. The molecule has 2 aromatic carbocycles. The molecular weight excluding hydrogens is 390 g/mol. The maximum atomic E-state index is 12.1. The molecule has 0 aliphatic carbocycles. The van der Waals surface area contributed by atoms with Crippen LogP contribution >= 0.6 is 0 Å². The predicted molar refractivity (Wildman–Crippen MR) is 126 cm³/mol. The highest BCUT2D eigenvalue weighted by Crippen LogP contribution is 2.21. The number of fused-ring (bicyclic) bond motifs is 1. The molecule has 0 fully saturated rings. The summed E-state index contributed by atoms with van der Waals surface area (Å²) in [5.74, 6) is 0.732. The molecule has 3 rings (SSSR count). The number of unbranched alkanes of at least 4 members (excludes halogenated alkanes) is 4. The van der Waals surface area contributed by atoms with Crippen LogP contribution in [-0.4, -0.2) is 27.4 Å². The number of imidazole rings is 1. The number of aliphatic hydroxyl groups is 1. The molecule has 168 valence electrons. The Bertz CT molecular complexity index is 1020. The lowest BCUT2D eigenvalue weighted by Crippen LogP contribution is -2.19. The quantitative estimate of drug-likeness (QED) is 0.430. The van der Waals surface area contributed by atoms with Crippen molar-refractivity contribution in [2.24, 2.45) is 14.1 Å². The highest BCUT2D eigenvalue weighted by molar-refractivity contribution is 5.76. The molecule has 0 radical (unpaired) electrons. The van der Waals surface area contributed by atoms with Gasteiger partial charge >= 0.3 is 5.69 Å². The van der Waals surface area contributed by atoms with Crippen LogP contribution in [0.4, 0.5) is 0 Å². The number of aryl methyl sites for hydroxylation is 2. The highest BCUT2D eigenvalue weighted by Gasteiger charge is 2.13. The lowest BCUT2D eigenvalue weighted by molar-refractivity contribution is 0.108. The van der Waals surface area contributed by atoms with E-state index in [-0.39, 0.29) is 12.3 Å². The van der Waals surface area contributed by atoms with Crippen molar-refractivity contribution < 1.29 is 9.84 Å². The summed E-state index contributed by atoms with van der Waals surface area (Å²) in [4.78, 5) is 12.1. The first kappa shape index (κ1) is 23.1. The lowest BCUT2D eigenvalue weighted by Gasteiger charge is -2.14. The summed E-state index contributed by atoms with van der Waals surface area (Å²) in [6, 6.07) is 13.5. The second-order valence-corrected chi connectivity index (χ2v) is 8.21. The minimum absolute atomic E-state index is 0.0797. The number of hydrogen-bond acceptors (Lipinski definition) is 4. The first-order valence-electron chi connectivity index (χ1n) is 11.3. The monoisotopic (exact) mass is 425 g/mol. The second kappa shape index (κ2) is 11.2. The topological polar surface area (TPSA) is 68.4 Å². The number of benzene rings is 2.